The molecule has 2 saturated heterocycles. The Morgan fingerprint density at radius 2 is 1.22 bits per heavy atom. The van der Waals surface area contributed by atoms with Crippen LogP contribution in [0.2, 0.25) is 0 Å². The normalized spacial score (nSPS) is 31.1. The van der Waals surface area contributed by atoms with E-state index in [2.05, 4.69) is 95.4 Å². The lowest BCUT2D eigenvalue weighted by Gasteiger charge is -2.61. The van der Waals surface area contributed by atoms with E-state index in [1.54, 1.807) is 30.5 Å². The fourth-order valence-electron chi connectivity index (χ4n) is 25.4. The third-order valence-corrected chi connectivity index (χ3v) is 31.4. The summed E-state index contributed by atoms with van der Waals surface area (Å²) < 4.78 is 41.6. The number of benzene rings is 3. The van der Waals surface area contributed by atoms with Crippen molar-refractivity contribution in [2.45, 2.75) is 242 Å². The predicted octanol–water partition coefficient (Wildman–Crippen LogP) is 22.2. The minimum Gasteiger partial charge on any atom is -0.462 e. The van der Waals surface area contributed by atoms with Gasteiger partial charge in [0, 0.05) is 61.7 Å². The molecule has 612 valence electrons. The number of hydrogen-bond donors (Lipinski definition) is 1. The van der Waals surface area contributed by atoms with E-state index in [4.69, 9.17) is 42.5 Å². The predicted molar refractivity (Wildman–Crippen MR) is 451 cm³/mol. The molecule has 17 heteroatoms. The van der Waals surface area contributed by atoms with Crippen LogP contribution >= 0.6 is 0 Å². The van der Waals surface area contributed by atoms with Crippen molar-refractivity contribution in [3.05, 3.63) is 113 Å². The van der Waals surface area contributed by atoms with Crippen LogP contribution in [-0.2, 0) is 28.5 Å². The molecule has 0 radical (unpaired) electrons. The van der Waals surface area contributed by atoms with Gasteiger partial charge in [-0.3, -0.25) is 19.7 Å². The highest BCUT2D eigenvalue weighted by Crippen LogP contribution is 2.70. The van der Waals surface area contributed by atoms with Crippen molar-refractivity contribution in [2.75, 3.05) is 67.7 Å². The summed E-state index contributed by atoms with van der Waals surface area (Å²) in [6.07, 6.45) is 32.8. The van der Waals surface area contributed by atoms with Gasteiger partial charge in [0.15, 0.2) is 28.5 Å². The van der Waals surface area contributed by atoms with Crippen LogP contribution in [-0.4, -0.2) is 97.8 Å². The van der Waals surface area contributed by atoms with E-state index in [1.165, 1.54) is 115 Å². The van der Waals surface area contributed by atoms with Gasteiger partial charge in [-0.15, -0.1) is 0 Å². The number of carbonyl (C=O) groups excluding carboxylic acids is 3. The second kappa shape index (κ2) is 33.8. The van der Waals surface area contributed by atoms with Gasteiger partial charge in [-0.25, -0.2) is 19.7 Å². The zero-order chi connectivity index (χ0) is 79.2. The van der Waals surface area contributed by atoms with Gasteiger partial charge in [0.1, 0.15) is 29.1 Å². The summed E-state index contributed by atoms with van der Waals surface area (Å²) >= 11 is 0. The first-order valence-electron chi connectivity index (χ1n) is 44.6. The van der Waals surface area contributed by atoms with Crippen molar-refractivity contribution in [3.63, 3.8) is 0 Å². The maximum atomic E-state index is 13.2. The Bertz CT molecular complexity index is 4670. The number of ether oxygens (including phenoxy) is 5. The van der Waals surface area contributed by atoms with Crippen molar-refractivity contribution >= 4 is 68.6 Å². The smallest absolute Gasteiger partial charge is 0.411 e. The van der Waals surface area contributed by atoms with Crippen LogP contribution in [0.4, 0.5) is 22.2 Å². The standard InChI is InChI=1S/C50H66N4O6.C47H62N2O5/c1-31(2)9-6-10-32(3)39-16-17-40-37-15-14-34-30-36(20-22-49(34,4)41(37)21-23-50(39,40)5)59-43(56)19-18-42(55)58-35-12-7-11-33(29-35)46-52-44-38-13-8-24-51-48(38)60-45(44)47(53-46)54-25-27-57-28-26-54;1-30(2)8-6-9-31(3)39-18-19-40-37-17-14-33-28-35(20-22-46(33,4)41(37)21-23-47(39,40)5)53-45(51)48-34-15-12-32(13-16-34)36-10-7-11-38-42(50)29-43(54-44(36)38)49-24-26-52-27-25-49/h7-8,11-13,24,29,31-32,34,36-37,39-41H,6,9-10,14-23,25-28,30H2,1-5H3;7,10-16,29-31,35,37,39-41H,6,8-9,17-28H2,1-5H3,(H,48,51)/t32-,34?,36?,37+,39-,40+,41+,49+,50-;31-,35+,37+,39-,40+,41+,46+,47-/m11/s1. The number of fused-ring (bicyclic) bond motifs is 14. The number of esters is 2. The number of para-hydroxylation sites is 1. The Morgan fingerprint density at radius 1 is 0.579 bits per heavy atom. The van der Waals surface area contributed by atoms with Gasteiger partial charge in [0.05, 0.1) is 50.0 Å². The van der Waals surface area contributed by atoms with Crippen molar-refractivity contribution in [1.82, 2.24) is 15.0 Å². The molecule has 0 spiro atoms. The topological polar surface area (TPSA) is 198 Å². The van der Waals surface area contributed by atoms with Crippen LogP contribution in [0.3, 0.4) is 0 Å². The monoisotopic (exact) mass is 1550 g/mol. The number of rotatable bonds is 21. The maximum Gasteiger partial charge on any atom is 0.411 e. The number of nitrogens with one attached hydrogen (secondary N) is 1. The van der Waals surface area contributed by atoms with Crippen LogP contribution in [0.5, 0.6) is 5.75 Å². The molecule has 1 amide bonds. The summed E-state index contributed by atoms with van der Waals surface area (Å²) in [5.74, 6) is 11.9. The molecule has 0 bridgehead atoms. The molecule has 17 rings (SSSR count). The molecule has 3 aromatic carbocycles. The first-order valence-corrected chi connectivity index (χ1v) is 44.6. The number of carbonyl (C=O) groups is 3. The van der Waals surface area contributed by atoms with Crippen LogP contribution in [0.25, 0.3) is 55.7 Å². The Kier molecular flexibility index (Phi) is 23.7. The molecule has 7 aromatic rings. The highest BCUT2D eigenvalue weighted by atomic mass is 16.6. The quantitative estimate of drug-likeness (QED) is 0.0404. The first-order chi connectivity index (χ1) is 55.0. The lowest BCUT2D eigenvalue weighted by molar-refractivity contribution is -0.163. The van der Waals surface area contributed by atoms with E-state index < -0.39 is 12.1 Å². The van der Waals surface area contributed by atoms with Crippen LogP contribution in [0.15, 0.2) is 116 Å². The highest BCUT2D eigenvalue weighted by molar-refractivity contribution is 6.05. The first kappa shape index (κ1) is 80.2. The lowest BCUT2D eigenvalue weighted by Crippen LogP contribution is -2.54. The molecule has 7 saturated carbocycles. The Hall–Kier alpha value is -7.63. The lowest BCUT2D eigenvalue weighted by atomic mass is 9.44. The van der Waals surface area contributed by atoms with Gasteiger partial charge in [0.2, 0.25) is 5.71 Å². The number of aromatic nitrogens is 3. The largest absolute Gasteiger partial charge is 0.462 e. The van der Waals surface area contributed by atoms with Crippen molar-refractivity contribution < 1.29 is 46.9 Å². The molecular weight excluding hydrogens is 1430 g/mol. The third-order valence-electron chi connectivity index (χ3n) is 31.4. The van der Waals surface area contributed by atoms with Crippen molar-refractivity contribution in [3.8, 4) is 28.3 Å². The van der Waals surface area contributed by atoms with E-state index in [0.717, 1.165) is 126 Å². The molecule has 9 fully saturated rings. The summed E-state index contributed by atoms with van der Waals surface area (Å²) in [6, 6.07) is 25.9. The van der Waals surface area contributed by atoms with Crippen molar-refractivity contribution in [1.29, 1.82) is 0 Å². The van der Waals surface area contributed by atoms with Crippen LogP contribution in [0, 0.1) is 98.6 Å². The minimum atomic E-state index is -0.473. The average Bonchev–Trinajstić information content (AvgIpc) is 1.42. The van der Waals surface area contributed by atoms with E-state index in [-0.39, 0.29) is 41.9 Å². The molecule has 1 N–H and O–H groups in total. The SMILES string of the molecule is CC(C)CCC[C@@H](C)[C@H]1CC[C@H]2[C@@H]3CC=C4C[C@@H](OC(=O)Nc5ccc(-c6cccc7c(=O)cc(N8CCOCC8)oc67)cc5)CC[C@]4(C)[C@H]3CC[C@]12C.CC(C)CCC[C@@H](C)[C@H]1CC[C@H]2[C@@H]3CCC4CC(OC(=O)CCC(=O)Oc5cccc(-c6nc(N7CCOCC7)c7oc8ncccc8c7n6)c5)CC[C@]4(C)[C@H]3CC[C@]12C. The number of anilines is 3. The second-order valence-electron chi connectivity index (χ2n) is 38.7. The zero-order valence-electron chi connectivity index (χ0n) is 70.0. The van der Waals surface area contributed by atoms with E-state index in [9.17, 15) is 19.2 Å². The summed E-state index contributed by atoms with van der Waals surface area (Å²) in [7, 11) is 0. The summed E-state index contributed by atoms with van der Waals surface area (Å²) in [5.41, 5.74) is 8.48. The summed E-state index contributed by atoms with van der Waals surface area (Å²) in [6.45, 7) is 30.2. The fourth-order valence-corrected chi connectivity index (χ4v) is 25.4. The highest BCUT2D eigenvalue weighted by Gasteiger charge is 2.62. The molecule has 114 heavy (non-hydrogen) atoms. The van der Waals surface area contributed by atoms with Crippen LogP contribution < -0.4 is 25.3 Å². The zero-order valence-corrected chi connectivity index (χ0v) is 70.0. The molecule has 8 aliphatic carbocycles. The number of furan rings is 1. The molecular formula is C97H128N6O11. The second-order valence-corrected chi connectivity index (χ2v) is 38.7. The molecule has 6 heterocycles. The van der Waals surface area contributed by atoms with E-state index >= 15 is 0 Å². The molecule has 2 unspecified atom stereocenters. The Balaban J connectivity index is 0.000000173. The third kappa shape index (κ3) is 16.2. The number of pyridine rings is 1. The van der Waals surface area contributed by atoms with Crippen molar-refractivity contribution in [2.24, 2.45) is 98.6 Å². The molecule has 17 atom stereocenters. The van der Waals surface area contributed by atoms with Gasteiger partial charge < -0.3 is 42.3 Å². The van der Waals surface area contributed by atoms with Gasteiger partial charge in [-0.05, 0) is 249 Å². The Labute approximate surface area is 676 Å². The molecule has 4 aromatic heterocycles. The molecule has 2 aliphatic heterocycles. The number of morpholine rings is 2. The van der Waals surface area contributed by atoms with Gasteiger partial charge >= 0.3 is 18.0 Å². The maximum absolute atomic E-state index is 13.2. The van der Waals surface area contributed by atoms with Gasteiger partial charge in [0.25, 0.3) is 0 Å². The fraction of sp³-hybridized carbons (Fsp3) is 0.639. The van der Waals surface area contributed by atoms with Gasteiger partial charge in [-0.2, -0.15) is 0 Å². The number of amides is 1. The van der Waals surface area contributed by atoms with E-state index in [0.29, 0.717) is 137 Å². The molecule has 17 nitrogen and oxygen atoms in total. The number of hydrogen-bond acceptors (Lipinski definition) is 16. The van der Waals surface area contributed by atoms with Gasteiger partial charge in [-0.1, -0.05) is 156 Å². The summed E-state index contributed by atoms with van der Waals surface area (Å²) in [4.78, 5) is 71.0. The molecule has 10 aliphatic rings. The summed E-state index contributed by atoms with van der Waals surface area (Å²) in [5, 5.41) is 4.34. The number of allylic oxidation sites excluding steroid dienone is 1. The average molecular weight is 1550 g/mol. The van der Waals surface area contributed by atoms with E-state index in [1.807, 2.05) is 60.7 Å². The number of nitrogens with zero attached hydrogens (tertiary/aromatic N) is 5. The Morgan fingerprint density at radius 3 is 1.93 bits per heavy atom. The van der Waals surface area contributed by atoms with Crippen LogP contribution in [0.1, 0.15) is 230 Å². The minimum absolute atomic E-state index is 0.00324.